The van der Waals surface area contributed by atoms with Crippen molar-refractivity contribution in [3.63, 3.8) is 0 Å². The molecule has 2 saturated heterocycles. The van der Waals surface area contributed by atoms with E-state index in [0.29, 0.717) is 0 Å². The number of anilines is 1. The van der Waals surface area contributed by atoms with Crippen LogP contribution in [0.15, 0.2) is 36.7 Å². The highest BCUT2D eigenvalue weighted by Crippen LogP contribution is 2.33. The van der Waals surface area contributed by atoms with Gasteiger partial charge >= 0.3 is 0 Å². The highest BCUT2D eigenvalue weighted by atomic mass is 15.2. The van der Waals surface area contributed by atoms with Crippen molar-refractivity contribution in [2.45, 2.75) is 39.5 Å². The minimum Gasteiger partial charge on any atom is -0.356 e. The van der Waals surface area contributed by atoms with E-state index in [1.807, 2.05) is 0 Å². The van der Waals surface area contributed by atoms with Crippen LogP contribution in [0.5, 0.6) is 0 Å². The molecule has 1 aromatic heterocycles. The lowest BCUT2D eigenvalue weighted by Gasteiger charge is -2.36. The van der Waals surface area contributed by atoms with Gasteiger partial charge in [0.05, 0.1) is 0 Å². The Morgan fingerprint density at radius 3 is 2.44 bits per heavy atom. The predicted octanol–water partition coefficient (Wildman–Crippen LogP) is 3.87. The first-order chi connectivity index (χ1) is 13.2. The summed E-state index contributed by atoms with van der Waals surface area (Å²) in [6.07, 6.45) is 6.88. The molecule has 0 N–H and O–H groups in total. The van der Waals surface area contributed by atoms with Gasteiger partial charge in [-0.15, -0.1) is 0 Å². The van der Waals surface area contributed by atoms with Gasteiger partial charge in [0.15, 0.2) is 0 Å². The van der Waals surface area contributed by atoms with Crippen LogP contribution >= 0.6 is 0 Å². The van der Waals surface area contributed by atoms with Crippen molar-refractivity contribution in [2.75, 3.05) is 37.6 Å². The number of likely N-dealkylation sites (tertiary alicyclic amines) is 1. The first-order valence-electron chi connectivity index (χ1n) is 10.5. The molecule has 0 spiro atoms. The van der Waals surface area contributed by atoms with Crippen molar-refractivity contribution in [3.05, 3.63) is 53.5 Å². The third-order valence-electron chi connectivity index (χ3n) is 6.68. The van der Waals surface area contributed by atoms with Gasteiger partial charge in [-0.3, -0.25) is 0 Å². The molecule has 27 heavy (non-hydrogen) atoms. The van der Waals surface area contributed by atoms with Gasteiger partial charge in [-0.25, -0.2) is 9.97 Å². The topological polar surface area (TPSA) is 32.3 Å². The Balaban J connectivity index is 1.26. The first kappa shape index (κ1) is 18.4. The van der Waals surface area contributed by atoms with Gasteiger partial charge in [0.25, 0.3) is 0 Å². The van der Waals surface area contributed by atoms with E-state index in [0.717, 1.165) is 36.4 Å². The number of aryl methyl sites for hydroxylation is 1. The summed E-state index contributed by atoms with van der Waals surface area (Å²) >= 11 is 0. The fourth-order valence-corrected chi connectivity index (χ4v) is 4.81. The van der Waals surface area contributed by atoms with E-state index >= 15 is 0 Å². The SMILES string of the molecule is Cc1ncnc(N2CCC([C@H]3CCN(CCc4ccccc4)C3)CC2)c1C. The van der Waals surface area contributed by atoms with Crippen LogP contribution in [0, 0.1) is 25.7 Å². The lowest BCUT2D eigenvalue weighted by atomic mass is 9.83. The van der Waals surface area contributed by atoms with Crippen LogP contribution < -0.4 is 4.90 Å². The van der Waals surface area contributed by atoms with Crippen LogP contribution in [0.25, 0.3) is 0 Å². The smallest absolute Gasteiger partial charge is 0.135 e. The van der Waals surface area contributed by atoms with E-state index in [1.165, 1.54) is 56.4 Å². The summed E-state index contributed by atoms with van der Waals surface area (Å²) in [7, 11) is 0. The number of hydrogen-bond acceptors (Lipinski definition) is 4. The molecule has 2 aliphatic heterocycles. The molecule has 0 bridgehead atoms. The molecule has 1 aromatic carbocycles. The summed E-state index contributed by atoms with van der Waals surface area (Å²) in [6, 6.07) is 10.9. The number of piperidine rings is 1. The van der Waals surface area contributed by atoms with Crippen molar-refractivity contribution in [1.29, 1.82) is 0 Å². The van der Waals surface area contributed by atoms with E-state index in [2.05, 4.69) is 63.9 Å². The molecular weight excluding hydrogens is 332 g/mol. The van der Waals surface area contributed by atoms with Crippen molar-refractivity contribution in [3.8, 4) is 0 Å². The Bertz CT molecular complexity index is 737. The average molecular weight is 365 g/mol. The first-order valence-corrected chi connectivity index (χ1v) is 10.5. The summed E-state index contributed by atoms with van der Waals surface area (Å²) < 4.78 is 0. The zero-order chi connectivity index (χ0) is 18.6. The summed E-state index contributed by atoms with van der Waals surface area (Å²) in [5.41, 5.74) is 3.81. The van der Waals surface area contributed by atoms with Crippen LogP contribution in [0.1, 0.15) is 36.1 Å². The van der Waals surface area contributed by atoms with Crippen LogP contribution in [0.3, 0.4) is 0 Å². The molecule has 0 aliphatic carbocycles. The second-order valence-corrected chi connectivity index (χ2v) is 8.32. The van der Waals surface area contributed by atoms with E-state index in [-0.39, 0.29) is 0 Å². The van der Waals surface area contributed by atoms with Crippen molar-refractivity contribution >= 4 is 5.82 Å². The van der Waals surface area contributed by atoms with Gasteiger partial charge in [0.2, 0.25) is 0 Å². The number of nitrogens with zero attached hydrogens (tertiary/aromatic N) is 4. The normalized spacial score (nSPS) is 21.7. The van der Waals surface area contributed by atoms with Crippen molar-refractivity contribution in [1.82, 2.24) is 14.9 Å². The molecule has 3 heterocycles. The van der Waals surface area contributed by atoms with E-state index < -0.39 is 0 Å². The monoisotopic (exact) mass is 364 g/mol. The fourth-order valence-electron chi connectivity index (χ4n) is 4.81. The molecule has 0 saturated carbocycles. The molecule has 0 radical (unpaired) electrons. The average Bonchev–Trinajstić information content (AvgIpc) is 3.19. The Morgan fingerprint density at radius 2 is 1.67 bits per heavy atom. The lowest BCUT2D eigenvalue weighted by molar-refractivity contribution is 0.256. The van der Waals surface area contributed by atoms with Gasteiger partial charge < -0.3 is 9.80 Å². The number of rotatable bonds is 5. The number of benzene rings is 1. The quantitative estimate of drug-likeness (QED) is 0.806. The highest BCUT2D eigenvalue weighted by Gasteiger charge is 2.32. The molecule has 2 fully saturated rings. The van der Waals surface area contributed by atoms with Crippen molar-refractivity contribution in [2.24, 2.45) is 11.8 Å². The van der Waals surface area contributed by atoms with E-state index in [4.69, 9.17) is 0 Å². The maximum absolute atomic E-state index is 4.56. The Morgan fingerprint density at radius 1 is 0.926 bits per heavy atom. The molecule has 2 aromatic rings. The van der Waals surface area contributed by atoms with E-state index in [1.54, 1.807) is 6.33 Å². The highest BCUT2D eigenvalue weighted by molar-refractivity contribution is 5.47. The number of hydrogen-bond donors (Lipinski definition) is 0. The molecule has 4 rings (SSSR count). The molecule has 144 valence electrons. The number of aromatic nitrogens is 2. The minimum absolute atomic E-state index is 0.881. The van der Waals surface area contributed by atoms with Crippen LogP contribution in [-0.4, -0.2) is 47.6 Å². The zero-order valence-corrected chi connectivity index (χ0v) is 16.8. The van der Waals surface area contributed by atoms with Crippen LogP contribution in [-0.2, 0) is 6.42 Å². The van der Waals surface area contributed by atoms with Gasteiger partial charge in [-0.2, -0.15) is 0 Å². The molecule has 2 aliphatic rings. The zero-order valence-electron chi connectivity index (χ0n) is 16.8. The van der Waals surface area contributed by atoms with Crippen LogP contribution in [0.4, 0.5) is 5.82 Å². The molecule has 4 nitrogen and oxygen atoms in total. The third kappa shape index (κ3) is 4.32. The maximum Gasteiger partial charge on any atom is 0.135 e. The Labute approximate surface area is 163 Å². The summed E-state index contributed by atoms with van der Waals surface area (Å²) in [6.45, 7) is 10.3. The third-order valence-corrected chi connectivity index (χ3v) is 6.68. The van der Waals surface area contributed by atoms with Gasteiger partial charge in [-0.05, 0) is 63.5 Å². The molecule has 0 amide bonds. The Hall–Kier alpha value is -1.94. The Kier molecular flexibility index (Phi) is 5.72. The van der Waals surface area contributed by atoms with E-state index in [9.17, 15) is 0 Å². The predicted molar refractivity (Wildman–Crippen MR) is 111 cm³/mol. The summed E-state index contributed by atoms with van der Waals surface area (Å²) in [5, 5.41) is 0. The summed E-state index contributed by atoms with van der Waals surface area (Å²) in [5.74, 6) is 2.92. The molecule has 0 unspecified atom stereocenters. The summed E-state index contributed by atoms with van der Waals surface area (Å²) in [4.78, 5) is 14.0. The lowest BCUT2D eigenvalue weighted by Crippen LogP contribution is -2.38. The second kappa shape index (κ2) is 8.39. The maximum atomic E-state index is 4.56. The van der Waals surface area contributed by atoms with Gasteiger partial charge in [-0.1, -0.05) is 30.3 Å². The van der Waals surface area contributed by atoms with Crippen molar-refractivity contribution < 1.29 is 0 Å². The molecule has 4 heteroatoms. The minimum atomic E-state index is 0.881. The molecule has 1 atom stereocenters. The van der Waals surface area contributed by atoms with Gasteiger partial charge in [0, 0.05) is 37.4 Å². The standard InChI is InChI=1S/C23H32N4/c1-18-19(2)24-17-25-23(18)27-14-10-21(11-15-27)22-9-13-26(16-22)12-8-20-6-4-3-5-7-20/h3-7,17,21-22H,8-16H2,1-2H3/t22-/m0/s1. The second-order valence-electron chi connectivity index (χ2n) is 8.32. The van der Waals surface area contributed by atoms with Gasteiger partial charge in [0.1, 0.15) is 12.1 Å². The fraction of sp³-hybridized carbons (Fsp3) is 0.565. The largest absolute Gasteiger partial charge is 0.356 e. The van der Waals surface area contributed by atoms with Crippen LogP contribution in [0.2, 0.25) is 0 Å². The molecular formula is C23H32N4.